The second-order valence-electron chi connectivity index (χ2n) is 3.27. The van der Waals surface area contributed by atoms with Crippen LogP contribution in [0.2, 0.25) is 0 Å². The van der Waals surface area contributed by atoms with E-state index in [0.717, 1.165) is 5.56 Å². The number of rotatable bonds is 2. The minimum atomic E-state index is 0.412. The van der Waals surface area contributed by atoms with Crippen LogP contribution in [0, 0.1) is 0 Å². The Kier molecular flexibility index (Phi) is 2.49. The van der Waals surface area contributed by atoms with Crippen molar-refractivity contribution < 1.29 is 8.94 Å². The van der Waals surface area contributed by atoms with E-state index in [9.17, 15) is 0 Å². The molecule has 0 aliphatic heterocycles. The van der Waals surface area contributed by atoms with Crippen LogP contribution in [0.25, 0.3) is 23.0 Å². The van der Waals surface area contributed by atoms with Crippen molar-refractivity contribution in [3.63, 3.8) is 0 Å². The summed E-state index contributed by atoms with van der Waals surface area (Å²) >= 11 is 3.22. The molecule has 3 rings (SSSR count). The molecule has 6 heteroatoms. The first-order valence-corrected chi connectivity index (χ1v) is 5.62. The van der Waals surface area contributed by atoms with Crippen LogP contribution in [-0.4, -0.2) is 15.1 Å². The van der Waals surface area contributed by atoms with Gasteiger partial charge in [-0.05, 0) is 40.2 Å². The SMILES string of the molecule is Brc1ccc(-c2noc(-c3cccnc3)n2)o1. The minimum absolute atomic E-state index is 0.412. The Morgan fingerprint density at radius 3 is 2.82 bits per heavy atom. The lowest BCUT2D eigenvalue weighted by atomic mass is 10.3. The van der Waals surface area contributed by atoms with Gasteiger partial charge in [-0.25, -0.2) is 0 Å². The highest BCUT2D eigenvalue weighted by atomic mass is 79.9. The van der Waals surface area contributed by atoms with E-state index in [0.29, 0.717) is 22.1 Å². The number of halogens is 1. The van der Waals surface area contributed by atoms with Crippen LogP contribution in [0.15, 0.2) is 50.3 Å². The summed E-state index contributed by atoms with van der Waals surface area (Å²) in [6.07, 6.45) is 3.35. The van der Waals surface area contributed by atoms with E-state index in [4.69, 9.17) is 8.94 Å². The van der Waals surface area contributed by atoms with Crippen molar-refractivity contribution in [1.29, 1.82) is 0 Å². The van der Waals surface area contributed by atoms with Gasteiger partial charge in [0.1, 0.15) is 0 Å². The summed E-state index contributed by atoms with van der Waals surface area (Å²) in [4.78, 5) is 8.22. The van der Waals surface area contributed by atoms with Crippen LogP contribution in [0.5, 0.6) is 0 Å². The van der Waals surface area contributed by atoms with Gasteiger partial charge < -0.3 is 8.94 Å². The molecule has 0 saturated heterocycles. The Hall–Kier alpha value is -1.95. The fraction of sp³-hybridized carbons (Fsp3) is 0. The van der Waals surface area contributed by atoms with Crippen LogP contribution in [0.3, 0.4) is 0 Å². The molecule has 0 unspecified atom stereocenters. The van der Waals surface area contributed by atoms with Gasteiger partial charge in [0.15, 0.2) is 10.4 Å². The van der Waals surface area contributed by atoms with Crippen molar-refractivity contribution in [3.05, 3.63) is 41.3 Å². The van der Waals surface area contributed by atoms with Gasteiger partial charge in [0.05, 0.1) is 5.56 Å². The lowest BCUT2D eigenvalue weighted by Crippen LogP contribution is -1.79. The molecule has 0 aliphatic rings. The van der Waals surface area contributed by atoms with Crippen LogP contribution in [-0.2, 0) is 0 Å². The largest absolute Gasteiger partial charge is 0.446 e. The molecule has 3 aromatic rings. The second kappa shape index (κ2) is 4.14. The standard InChI is InChI=1S/C11H6BrN3O2/c12-9-4-3-8(16-9)10-14-11(17-15-10)7-2-1-5-13-6-7/h1-6H. The van der Waals surface area contributed by atoms with Gasteiger partial charge in [-0.15, -0.1) is 0 Å². The van der Waals surface area contributed by atoms with Crippen molar-refractivity contribution >= 4 is 15.9 Å². The molecule has 5 nitrogen and oxygen atoms in total. The smallest absolute Gasteiger partial charge is 0.259 e. The van der Waals surface area contributed by atoms with Gasteiger partial charge in [0, 0.05) is 12.4 Å². The predicted molar refractivity (Wildman–Crippen MR) is 62.9 cm³/mol. The zero-order valence-electron chi connectivity index (χ0n) is 8.50. The third kappa shape index (κ3) is 1.99. The maximum Gasteiger partial charge on any atom is 0.259 e. The average Bonchev–Trinajstić information content (AvgIpc) is 2.98. The van der Waals surface area contributed by atoms with E-state index in [-0.39, 0.29) is 0 Å². The lowest BCUT2D eigenvalue weighted by Gasteiger charge is -1.89. The van der Waals surface area contributed by atoms with Crippen molar-refractivity contribution in [1.82, 2.24) is 15.1 Å². The molecule has 0 saturated carbocycles. The predicted octanol–water partition coefficient (Wildman–Crippen LogP) is 3.15. The maximum atomic E-state index is 5.33. The molecule has 0 atom stereocenters. The molecule has 0 amide bonds. The normalized spacial score (nSPS) is 10.6. The second-order valence-corrected chi connectivity index (χ2v) is 4.05. The van der Waals surface area contributed by atoms with Crippen LogP contribution < -0.4 is 0 Å². The Labute approximate surface area is 105 Å². The first-order chi connectivity index (χ1) is 8.33. The summed E-state index contributed by atoms with van der Waals surface area (Å²) in [7, 11) is 0. The Balaban J connectivity index is 1.99. The highest BCUT2D eigenvalue weighted by molar-refractivity contribution is 9.10. The number of aromatic nitrogens is 3. The fourth-order valence-corrected chi connectivity index (χ4v) is 1.67. The molecule has 3 aromatic heterocycles. The van der Waals surface area contributed by atoms with E-state index >= 15 is 0 Å². The van der Waals surface area contributed by atoms with E-state index in [1.807, 2.05) is 12.1 Å². The minimum Gasteiger partial charge on any atom is -0.446 e. The number of hydrogen-bond donors (Lipinski definition) is 0. The van der Waals surface area contributed by atoms with Crippen LogP contribution in [0.1, 0.15) is 0 Å². The Morgan fingerprint density at radius 2 is 2.12 bits per heavy atom. The van der Waals surface area contributed by atoms with E-state index in [1.54, 1.807) is 24.5 Å². The molecule has 0 spiro atoms. The number of furan rings is 1. The van der Waals surface area contributed by atoms with Gasteiger partial charge in [0.2, 0.25) is 5.82 Å². The molecule has 84 valence electrons. The topological polar surface area (TPSA) is 65.0 Å². The highest BCUT2D eigenvalue weighted by Crippen LogP contribution is 2.24. The van der Waals surface area contributed by atoms with E-state index < -0.39 is 0 Å². The number of pyridine rings is 1. The number of nitrogens with zero attached hydrogens (tertiary/aromatic N) is 3. The summed E-state index contributed by atoms with van der Waals surface area (Å²) in [5.41, 5.74) is 0.775. The Bertz CT molecular complexity index is 633. The van der Waals surface area contributed by atoms with Crippen molar-refractivity contribution in [2.45, 2.75) is 0 Å². The first kappa shape index (κ1) is 10.2. The average molecular weight is 292 g/mol. The third-order valence-corrected chi connectivity index (χ3v) is 2.55. The zero-order valence-corrected chi connectivity index (χ0v) is 10.1. The van der Waals surface area contributed by atoms with Crippen molar-refractivity contribution in [2.75, 3.05) is 0 Å². The van der Waals surface area contributed by atoms with Gasteiger partial charge in [-0.2, -0.15) is 4.98 Å². The molecule has 0 bridgehead atoms. The third-order valence-electron chi connectivity index (χ3n) is 2.13. The monoisotopic (exact) mass is 291 g/mol. The summed E-state index contributed by atoms with van der Waals surface area (Å²) < 4.78 is 11.1. The van der Waals surface area contributed by atoms with Crippen LogP contribution >= 0.6 is 15.9 Å². The zero-order chi connectivity index (χ0) is 11.7. The molecule has 0 aliphatic carbocycles. The van der Waals surface area contributed by atoms with Gasteiger partial charge in [-0.1, -0.05) is 5.16 Å². The van der Waals surface area contributed by atoms with Gasteiger partial charge in [0.25, 0.3) is 5.89 Å². The summed E-state index contributed by atoms with van der Waals surface area (Å²) in [5, 5.41) is 3.85. The Morgan fingerprint density at radius 1 is 1.18 bits per heavy atom. The summed E-state index contributed by atoms with van der Waals surface area (Å²) in [6.45, 7) is 0. The molecule has 0 aromatic carbocycles. The summed E-state index contributed by atoms with van der Waals surface area (Å²) in [5.74, 6) is 1.38. The van der Waals surface area contributed by atoms with Crippen molar-refractivity contribution in [3.8, 4) is 23.0 Å². The molecule has 0 N–H and O–H groups in total. The molecule has 0 fully saturated rings. The molecular formula is C11H6BrN3O2. The fourth-order valence-electron chi connectivity index (χ4n) is 1.36. The highest BCUT2D eigenvalue weighted by Gasteiger charge is 2.13. The first-order valence-electron chi connectivity index (χ1n) is 4.83. The number of hydrogen-bond acceptors (Lipinski definition) is 5. The molecule has 0 radical (unpaired) electrons. The van der Waals surface area contributed by atoms with Crippen molar-refractivity contribution in [2.24, 2.45) is 0 Å². The maximum absolute atomic E-state index is 5.33. The summed E-state index contributed by atoms with van der Waals surface area (Å²) in [6, 6.07) is 7.20. The van der Waals surface area contributed by atoms with E-state index in [2.05, 4.69) is 31.1 Å². The van der Waals surface area contributed by atoms with Gasteiger partial charge >= 0.3 is 0 Å². The van der Waals surface area contributed by atoms with Gasteiger partial charge in [-0.3, -0.25) is 4.98 Å². The molecule has 17 heavy (non-hydrogen) atoms. The lowest BCUT2D eigenvalue weighted by molar-refractivity contribution is 0.429. The molecule has 3 heterocycles. The quantitative estimate of drug-likeness (QED) is 0.726. The van der Waals surface area contributed by atoms with E-state index in [1.165, 1.54) is 0 Å². The van der Waals surface area contributed by atoms with Crippen LogP contribution in [0.4, 0.5) is 0 Å². The molecular weight excluding hydrogens is 286 g/mol.